The zero-order valence-corrected chi connectivity index (χ0v) is 9.22. The van der Waals surface area contributed by atoms with Gasteiger partial charge >= 0.3 is 0 Å². The van der Waals surface area contributed by atoms with Crippen molar-refractivity contribution in [3.05, 3.63) is 55.0 Å². The van der Waals surface area contributed by atoms with Gasteiger partial charge in [-0.3, -0.25) is 0 Å². The standard InChI is InChI=1S/C13H16N2/c1-12(2)15-9-8-14(11-15)10-13-6-4-3-5-7-13/h3-9,12H,10H2,1-2H3. The molecule has 2 nitrogen and oxygen atoms in total. The molecule has 2 heteroatoms. The molecule has 1 aromatic carbocycles. The van der Waals surface area contributed by atoms with E-state index in [-0.39, 0.29) is 0 Å². The van der Waals surface area contributed by atoms with Crippen LogP contribution in [0.3, 0.4) is 0 Å². The first-order valence-corrected chi connectivity index (χ1v) is 5.29. The second-order valence-electron chi connectivity index (χ2n) is 4.01. The Kier molecular flexibility index (Phi) is 2.95. The van der Waals surface area contributed by atoms with Gasteiger partial charge in [0.25, 0.3) is 0 Å². The van der Waals surface area contributed by atoms with E-state index >= 15 is 0 Å². The quantitative estimate of drug-likeness (QED) is 0.740. The predicted molar refractivity (Wildman–Crippen MR) is 61.3 cm³/mol. The lowest BCUT2D eigenvalue weighted by Gasteiger charge is -2.21. The Morgan fingerprint density at radius 1 is 1.13 bits per heavy atom. The first-order valence-electron chi connectivity index (χ1n) is 5.29. The van der Waals surface area contributed by atoms with Crippen LogP contribution in [0, 0.1) is 6.67 Å². The molecule has 1 aliphatic rings. The van der Waals surface area contributed by atoms with Crippen LogP contribution < -0.4 is 0 Å². The van der Waals surface area contributed by atoms with E-state index in [1.165, 1.54) is 5.56 Å². The molecule has 0 fully saturated rings. The van der Waals surface area contributed by atoms with Crippen molar-refractivity contribution in [1.29, 1.82) is 0 Å². The van der Waals surface area contributed by atoms with Gasteiger partial charge < -0.3 is 9.80 Å². The first kappa shape index (κ1) is 10.1. The molecule has 0 aliphatic carbocycles. The van der Waals surface area contributed by atoms with Crippen molar-refractivity contribution >= 4 is 0 Å². The van der Waals surface area contributed by atoms with E-state index in [0.717, 1.165) is 6.54 Å². The van der Waals surface area contributed by atoms with E-state index in [4.69, 9.17) is 0 Å². The molecule has 0 amide bonds. The molecular formula is C13H16N2. The Morgan fingerprint density at radius 2 is 1.87 bits per heavy atom. The number of benzene rings is 1. The molecule has 0 atom stereocenters. The molecule has 1 heterocycles. The van der Waals surface area contributed by atoms with Crippen molar-refractivity contribution in [1.82, 2.24) is 9.80 Å². The zero-order chi connectivity index (χ0) is 10.7. The third kappa shape index (κ3) is 2.52. The average Bonchev–Trinajstić information content (AvgIpc) is 2.68. The summed E-state index contributed by atoms with van der Waals surface area (Å²) >= 11 is 0. The van der Waals surface area contributed by atoms with Crippen LogP contribution in [-0.2, 0) is 6.54 Å². The van der Waals surface area contributed by atoms with Crippen LogP contribution in [0.25, 0.3) is 0 Å². The van der Waals surface area contributed by atoms with Gasteiger partial charge in [-0.25, -0.2) is 0 Å². The molecule has 0 aromatic heterocycles. The summed E-state index contributed by atoms with van der Waals surface area (Å²) in [6.45, 7) is 8.50. The molecule has 2 rings (SSSR count). The highest BCUT2D eigenvalue weighted by molar-refractivity contribution is 5.16. The molecule has 0 saturated heterocycles. The van der Waals surface area contributed by atoms with E-state index in [1.807, 2.05) is 6.07 Å². The summed E-state index contributed by atoms with van der Waals surface area (Å²) in [6.07, 6.45) is 4.13. The molecule has 0 saturated carbocycles. The highest BCUT2D eigenvalue weighted by Crippen LogP contribution is 2.17. The zero-order valence-electron chi connectivity index (χ0n) is 9.22. The molecule has 15 heavy (non-hydrogen) atoms. The van der Waals surface area contributed by atoms with E-state index in [1.54, 1.807) is 0 Å². The minimum atomic E-state index is 0.474. The minimum absolute atomic E-state index is 0.474. The van der Waals surface area contributed by atoms with E-state index in [2.05, 4.69) is 67.0 Å². The van der Waals surface area contributed by atoms with Crippen molar-refractivity contribution in [2.45, 2.75) is 26.4 Å². The Bertz CT molecular complexity index is 330. The smallest absolute Gasteiger partial charge is 0.208 e. The molecule has 0 spiro atoms. The maximum atomic E-state index is 3.29. The normalized spacial score (nSPS) is 15.4. The lowest BCUT2D eigenvalue weighted by molar-refractivity contribution is 0.299. The van der Waals surface area contributed by atoms with Gasteiger partial charge in [-0.2, -0.15) is 0 Å². The van der Waals surface area contributed by atoms with Crippen molar-refractivity contribution in [3.63, 3.8) is 0 Å². The fourth-order valence-corrected chi connectivity index (χ4v) is 1.52. The summed E-state index contributed by atoms with van der Waals surface area (Å²) in [7, 11) is 0. The molecule has 0 unspecified atom stereocenters. The summed E-state index contributed by atoms with van der Waals surface area (Å²) in [6, 6.07) is 10.9. The molecule has 0 bridgehead atoms. The SMILES string of the molecule is CC(C)N1[C]N(Cc2ccccc2)C=C1. The van der Waals surface area contributed by atoms with Crippen molar-refractivity contribution in [2.24, 2.45) is 0 Å². The minimum Gasteiger partial charge on any atom is -0.344 e. The van der Waals surface area contributed by atoms with Crippen molar-refractivity contribution < 1.29 is 0 Å². The Hall–Kier alpha value is -1.44. The van der Waals surface area contributed by atoms with E-state index in [0.29, 0.717) is 6.04 Å². The first-order chi connectivity index (χ1) is 7.25. The number of hydrogen-bond donors (Lipinski definition) is 0. The summed E-state index contributed by atoms with van der Waals surface area (Å²) in [4.78, 5) is 4.16. The van der Waals surface area contributed by atoms with Crippen LogP contribution >= 0.6 is 0 Å². The predicted octanol–water partition coefficient (Wildman–Crippen LogP) is 2.68. The van der Waals surface area contributed by atoms with Gasteiger partial charge in [0.2, 0.25) is 6.67 Å². The van der Waals surface area contributed by atoms with Gasteiger partial charge in [0.05, 0.1) is 0 Å². The van der Waals surface area contributed by atoms with Crippen LogP contribution in [0.4, 0.5) is 0 Å². The number of rotatable bonds is 3. The maximum absolute atomic E-state index is 3.29. The lowest BCUT2D eigenvalue weighted by atomic mass is 10.2. The largest absolute Gasteiger partial charge is 0.344 e. The van der Waals surface area contributed by atoms with Gasteiger partial charge in [0.15, 0.2) is 0 Å². The topological polar surface area (TPSA) is 6.48 Å². The van der Waals surface area contributed by atoms with Crippen LogP contribution in [0.15, 0.2) is 42.7 Å². The van der Waals surface area contributed by atoms with Crippen LogP contribution in [0.1, 0.15) is 19.4 Å². The molecule has 78 valence electrons. The van der Waals surface area contributed by atoms with Crippen LogP contribution in [0.2, 0.25) is 0 Å². The maximum Gasteiger partial charge on any atom is 0.208 e. The summed E-state index contributed by atoms with van der Waals surface area (Å²) in [5.74, 6) is 0. The third-order valence-electron chi connectivity index (χ3n) is 2.40. The van der Waals surface area contributed by atoms with Gasteiger partial charge in [-0.05, 0) is 19.4 Å². The fraction of sp³-hybridized carbons (Fsp3) is 0.308. The molecule has 0 N–H and O–H groups in total. The highest BCUT2D eigenvalue weighted by atomic mass is 15.3. The second kappa shape index (κ2) is 4.39. The summed E-state index contributed by atoms with van der Waals surface area (Å²) < 4.78 is 0. The second-order valence-corrected chi connectivity index (χ2v) is 4.01. The van der Waals surface area contributed by atoms with Crippen molar-refractivity contribution in [2.75, 3.05) is 0 Å². The molecule has 1 aromatic rings. The highest BCUT2D eigenvalue weighted by Gasteiger charge is 2.16. The number of hydrogen-bond acceptors (Lipinski definition) is 2. The Labute approximate surface area is 91.8 Å². The monoisotopic (exact) mass is 200 g/mol. The summed E-state index contributed by atoms with van der Waals surface area (Å²) in [5.41, 5.74) is 1.31. The average molecular weight is 200 g/mol. The lowest BCUT2D eigenvalue weighted by Crippen LogP contribution is -2.24. The number of nitrogens with zero attached hydrogens (tertiary/aromatic N) is 2. The van der Waals surface area contributed by atoms with Gasteiger partial charge in [-0.1, -0.05) is 30.3 Å². The fourth-order valence-electron chi connectivity index (χ4n) is 1.52. The Morgan fingerprint density at radius 3 is 2.47 bits per heavy atom. The molecular weight excluding hydrogens is 184 g/mol. The van der Waals surface area contributed by atoms with Gasteiger partial charge in [-0.15, -0.1) is 0 Å². The van der Waals surface area contributed by atoms with Gasteiger partial charge in [0.1, 0.15) is 0 Å². The molecule has 2 radical (unpaired) electrons. The van der Waals surface area contributed by atoms with Crippen molar-refractivity contribution in [3.8, 4) is 0 Å². The van der Waals surface area contributed by atoms with Crippen LogP contribution in [-0.4, -0.2) is 15.8 Å². The Balaban J connectivity index is 1.91. The third-order valence-corrected chi connectivity index (χ3v) is 2.40. The van der Waals surface area contributed by atoms with E-state index in [9.17, 15) is 0 Å². The molecule has 1 aliphatic heterocycles. The van der Waals surface area contributed by atoms with Crippen LogP contribution in [0.5, 0.6) is 0 Å². The van der Waals surface area contributed by atoms with Gasteiger partial charge in [0, 0.05) is 25.0 Å². The summed E-state index contributed by atoms with van der Waals surface area (Å²) in [5, 5.41) is 0. The van der Waals surface area contributed by atoms with E-state index < -0.39 is 0 Å².